The minimum absolute atomic E-state index is 0.221. The normalized spacial score (nSPS) is 49.1. The van der Waals surface area contributed by atoms with Crippen molar-refractivity contribution >= 4 is 11.8 Å². The van der Waals surface area contributed by atoms with Gasteiger partial charge in [-0.3, -0.25) is 9.59 Å². The number of ketones is 1. The van der Waals surface area contributed by atoms with Crippen molar-refractivity contribution in [3.63, 3.8) is 0 Å². The van der Waals surface area contributed by atoms with E-state index in [0.717, 1.165) is 32.1 Å². The monoisotopic (exact) mass is 389 g/mol. The van der Waals surface area contributed by atoms with Gasteiger partial charge in [0.15, 0.2) is 0 Å². The van der Waals surface area contributed by atoms with Crippen LogP contribution in [0.2, 0.25) is 0 Å². The molecule has 0 aromatic carbocycles. The summed E-state index contributed by atoms with van der Waals surface area (Å²) in [6.07, 6.45) is 9.92. The van der Waals surface area contributed by atoms with Gasteiger partial charge in [0.2, 0.25) is 0 Å². The lowest BCUT2D eigenvalue weighted by molar-refractivity contribution is -0.158. The van der Waals surface area contributed by atoms with Gasteiger partial charge in [-0.25, -0.2) is 0 Å². The molecule has 0 radical (unpaired) electrons. The van der Waals surface area contributed by atoms with Gasteiger partial charge in [0.1, 0.15) is 5.78 Å². The van der Waals surface area contributed by atoms with Crippen molar-refractivity contribution in [3.8, 4) is 0 Å². The molecule has 0 aromatic rings. The van der Waals surface area contributed by atoms with E-state index in [1.165, 1.54) is 19.3 Å². The number of hydrogen-bond acceptors (Lipinski definition) is 3. The van der Waals surface area contributed by atoms with Gasteiger partial charge >= 0.3 is 5.97 Å². The zero-order valence-electron chi connectivity index (χ0n) is 18.0. The van der Waals surface area contributed by atoms with Crippen LogP contribution in [0.3, 0.4) is 0 Å². The molecule has 4 heteroatoms. The molecule has 0 aromatic heterocycles. The maximum atomic E-state index is 13.6. The number of nitrogens with two attached hydrogens (primary N) is 1. The molecule has 0 heterocycles. The second-order valence-electron chi connectivity index (χ2n) is 11.2. The Bertz CT molecular complexity index is 648. The number of carbonyl (C=O) groups excluding carboxylic acids is 1. The second kappa shape index (κ2) is 7.11. The Labute approximate surface area is 170 Å². The van der Waals surface area contributed by atoms with Crippen LogP contribution in [0, 0.1) is 46.3 Å². The number of rotatable bonds is 4. The number of carbonyl (C=O) groups is 2. The Balaban J connectivity index is 1.57. The van der Waals surface area contributed by atoms with Crippen LogP contribution in [0.25, 0.3) is 0 Å². The average molecular weight is 390 g/mol. The summed E-state index contributed by atoms with van der Waals surface area (Å²) >= 11 is 0. The van der Waals surface area contributed by atoms with E-state index in [1.807, 2.05) is 0 Å². The molecule has 4 nitrogen and oxygen atoms in total. The number of carboxylic acid groups (broad SMARTS) is 1. The quantitative estimate of drug-likeness (QED) is 0.733. The molecule has 4 unspecified atom stereocenters. The highest BCUT2D eigenvalue weighted by Gasteiger charge is 2.63. The zero-order valence-corrected chi connectivity index (χ0v) is 18.0. The molecule has 9 atom stereocenters. The number of Topliss-reactive ketones (excluding diaryl/α,β-unsaturated/α-hetero) is 1. The third kappa shape index (κ3) is 2.97. The van der Waals surface area contributed by atoms with Crippen molar-refractivity contribution in [1.82, 2.24) is 0 Å². The van der Waals surface area contributed by atoms with E-state index >= 15 is 0 Å². The van der Waals surface area contributed by atoms with E-state index in [-0.39, 0.29) is 11.8 Å². The molecule has 0 amide bonds. The summed E-state index contributed by atoms with van der Waals surface area (Å²) in [6, 6.07) is 0.352. The first-order chi connectivity index (χ1) is 13.2. The van der Waals surface area contributed by atoms with Crippen LogP contribution in [0.15, 0.2) is 0 Å². The largest absolute Gasteiger partial charge is 0.481 e. The molecule has 0 saturated heterocycles. The number of carboxylic acids is 1. The van der Waals surface area contributed by atoms with Crippen LogP contribution in [0.5, 0.6) is 0 Å². The minimum Gasteiger partial charge on any atom is -0.481 e. The van der Waals surface area contributed by atoms with Crippen LogP contribution in [0.4, 0.5) is 0 Å². The van der Waals surface area contributed by atoms with E-state index in [0.29, 0.717) is 59.2 Å². The molecule has 4 fully saturated rings. The van der Waals surface area contributed by atoms with Gasteiger partial charge in [-0.15, -0.1) is 0 Å². The Morgan fingerprint density at radius 2 is 1.93 bits per heavy atom. The van der Waals surface area contributed by atoms with Crippen molar-refractivity contribution in [2.45, 2.75) is 91.0 Å². The minimum atomic E-state index is -0.719. The maximum Gasteiger partial charge on any atom is 0.303 e. The van der Waals surface area contributed by atoms with Gasteiger partial charge in [0, 0.05) is 24.3 Å². The molecule has 4 rings (SSSR count). The first-order valence-corrected chi connectivity index (χ1v) is 11.7. The Hall–Kier alpha value is -0.900. The number of aliphatic carboxylic acids is 1. The van der Waals surface area contributed by atoms with Crippen molar-refractivity contribution in [1.29, 1.82) is 0 Å². The predicted molar refractivity (Wildman–Crippen MR) is 110 cm³/mol. The highest BCUT2D eigenvalue weighted by atomic mass is 16.4. The van der Waals surface area contributed by atoms with E-state index in [9.17, 15) is 9.59 Å². The van der Waals surface area contributed by atoms with Crippen LogP contribution in [0.1, 0.15) is 85.0 Å². The Morgan fingerprint density at radius 3 is 2.64 bits per heavy atom. The molecular weight excluding hydrogens is 350 g/mol. The molecule has 0 bridgehead atoms. The van der Waals surface area contributed by atoms with Crippen LogP contribution in [-0.2, 0) is 9.59 Å². The smallest absolute Gasteiger partial charge is 0.303 e. The summed E-state index contributed by atoms with van der Waals surface area (Å²) in [5.41, 5.74) is 6.36. The highest BCUT2D eigenvalue weighted by Crippen LogP contribution is 2.67. The predicted octanol–water partition coefficient (Wildman–Crippen LogP) is 4.65. The molecule has 0 aliphatic heterocycles. The van der Waals surface area contributed by atoms with Gasteiger partial charge in [-0.1, -0.05) is 20.8 Å². The third-order valence-corrected chi connectivity index (χ3v) is 10.1. The lowest BCUT2D eigenvalue weighted by Crippen LogP contribution is -2.57. The van der Waals surface area contributed by atoms with E-state index in [1.54, 1.807) is 0 Å². The summed E-state index contributed by atoms with van der Waals surface area (Å²) in [4.78, 5) is 24.7. The molecule has 4 aliphatic carbocycles. The van der Waals surface area contributed by atoms with Gasteiger partial charge in [0.25, 0.3) is 0 Å². The first-order valence-electron chi connectivity index (χ1n) is 11.7. The van der Waals surface area contributed by atoms with Gasteiger partial charge in [-0.2, -0.15) is 0 Å². The summed E-state index contributed by atoms with van der Waals surface area (Å²) in [6.45, 7) is 6.90. The summed E-state index contributed by atoms with van der Waals surface area (Å²) in [5.74, 6) is 2.85. The van der Waals surface area contributed by atoms with E-state index in [2.05, 4.69) is 20.8 Å². The molecule has 4 saturated carbocycles. The molecule has 158 valence electrons. The first kappa shape index (κ1) is 20.4. The highest BCUT2D eigenvalue weighted by molar-refractivity contribution is 5.87. The van der Waals surface area contributed by atoms with Crippen LogP contribution in [-0.4, -0.2) is 22.9 Å². The van der Waals surface area contributed by atoms with E-state index in [4.69, 9.17) is 10.8 Å². The average Bonchev–Trinajstić information content (AvgIpc) is 3.00. The third-order valence-electron chi connectivity index (χ3n) is 10.1. The van der Waals surface area contributed by atoms with Crippen molar-refractivity contribution in [2.75, 3.05) is 0 Å². The molecular formula is C24H39NO3. The Morgan fingerprint density at radius 1 is 1.18 bits per heavy atom. The van der Waals surface area contributed by atoms with Gasteiger partial charge in [0.05, 0.1) is 0 Å². The fraction of sp³-hybridized carbons (Fsp3) is 0.917. The fourth-order valence-corrected chi connectivity index (χ4v) is 8.49. The zero-order chi connectivity index (χ0) is 20.3. The van der Waals surface area contributed by atoms with Crippen LogP contribution < -0.4 is 5.73 Å². The number of fused-ring (bicyclic) bond motifs is 5. The van der Waals surface area contributed by atoms with Gasteiger partial charge in [-0.05, 0) is 92.3 Å². The van der Waals surface area contributed by atoms with Crippen molar-refractivity contribution in [3.05, 3.63) is 0 Å². The molecule has 0 spiro atoms. The standard InChI is InChI=1S/C24H39NO3/c1-14(4-9-22(27)28)18-7-8-19-17-6-5-15-12-16(25)10-11-23(15,2)20(17)13-21(26)24(18,19)3/h14-20H,4-13,25H2,1-3H3,(H,27,28)/t14?,15-,16+,17?,18-,19?,20?,23+,24-/m1/s1. The lowest BCUT2D eigenvalue weighted by Gasteiger charge is -2.60. The molecule has 4 aliphatic rings. The fourth-order valence-electron chi connectivity index (χ4n) is 8.49. The second-order valence-corrected chi connectivity index (χ2v) is 11.2. The van der Waals surface area contributed by atoms with Crippen molar-refractivity contribution < 1.29 is 14.7 Å². The summed E-state index contributed by atoms with van der Waals surface area (Å²) < 4.78 is 0. The summed E-state index contributed by atoms with van der Waals surface area (Å²) in [7, 11) is 0. The maximum absolute atomic E-state index is 13.6. The molecule has 28 heavy (non-hydrogen) atoms. The van der Waals surface area contributed by atoms with E-state index < -0.39 is 5.97 Å². The number of hydrogen-bond donors (Lipinski definition) is 2. The van der Waals surface area contributed by atoms with Crippen molar-refractivity contribution in [2.24, 2.45) is 52.1 Å². The van der Waals surface area contributed by atoms with Crippen LogP contribution >= 0.6 is 0 Å². The lowest BCUT2D eigenvalue weighted by atomic mass is 9.44. The van der Waals surface area contributed by atoms with Gasteiger partial charge < -0.3 is 10.8 Å². The topological polar surface area (TPSA) is 80.4 Å². The molecule has 3 N–H and O–H groups in total. The SMILES string of the molecule is CC(CCC(=O)O)[C@H]1CCC2C3CC[C@@H]4C[C@@H](N)CC[C@]4(C)C3CC(=O)[C@@]21C. The Kier molecular flexibility index (Phi) is 5.17. The summed E-state index contributed by atoms with van der Waals surface area (Å²) in [5, 5.41) is 9.09.